The highest BCUT2D eigenvalue weighted by Crippen LogP contribution is 2.26. The maximum absolute atomic E-state index is 11.8. The van der Waals surface area contributed by atoms with E-state index in [2.05, 4.69) is 33.0 Å². The van der Waals surface area contributed by atoms with Gasteiger partial charge in [-0.3, -0.25) is 10.1 Å². The van der Waals surface area contributed by atoms with Crippen molar-refractivity contribution < 1.29 is 9.90 Å². The number of carboxylic acids is 1. The average molecular weight is 283 g/mol. The summed E-state index contributed by atoms with van der Waals surface area (Å²) >= 11 is 1.66. The predicted octanol–water partition coefficient (Wildman–Crippen LogP) is 3.75. The molecule has 19 heavy (non-hydrogen) atoms. The second kappa shape index (κ2) is 7.06. The Kier molecular flexibility index (Phi) is 6.01. The standard InChI is InChI=1S/C15H25NO2S/c1-11(2)8-15(14(17)18,9-12(3)4)16-10-13-6-5-7-19-13/h5-7,11-12,16H,8-10H2,1-4H3,(H,17,18). The van der Waals surface area contributed by atoms with Crippen molar-refractivity contribution in [2.75, 3.05) is 0 Å². The molecule has 0 aromatic carbocycles. The Balaban J connectivity index is 2.84. The molecule has 1 aromatic rings. The number of carbonyl (C=O) groups is 1. The molecule has 1 heterocycles. The van der Waals surface area contributed by atoms with Crippen molar-refractivity contribution in [1.82, 2.24) is 5.32 Å². The lowest BCUT2D eigenvalue weighted by molar-refractivity contribution is -0.146. The molecular weight excluding hydrogens is 258 g/mol. The minimum atomic E-state index is -0.813. The summed E-state index contributed by atoms with van der Waals surface area (Å²) in [4.78, 5) is 13.0. The Bertz CT molecular complexity index is 375. The summed E-state index contributed by atoms with van der Waals surface area (Å²) in [5.74, 6) is -0.0252. The topological polar surface area (TPSA) is 49.3 Å². The van der Waals surface area contributed by atoms with Gasteiger partial charge in [0.2, 0.25) is 0 Å². The highest BCUT2D eigenvalue weighted by atomic mass is 32.1. The fourth-order valence-electron chi connectivity index (χ4n) is 2.54. The van der Waals surface area contributed by atoms with E-state index in [9.17, 15) is 9.90 Å². The summed E-state index contributed by atoms with van der Waals surface area (Å²) in [5.41, 5.74) is -0.813. The lowest BCUT2D eigenvalue weighted by atomic mass is 9.81. The van der Waals surface area contributed by atoms with E-state index in [1.165, 1.54) is 4.88 Å². The van der Waals surface area contributed by atoms with Gasteiger partial charge in [0.15, 0.2) is 0 Å². The summed E-state index contributed by atoms with van der Waals surface area (Å²) < 4.78 is 0. The van der Waals surface area contributed by atoms with Crippen molar-refractivity contribution >= 4 is 17.3 Å². The van der Waals surface area contributed by atoms with Crippen molar-refractivity contribution in [3.63, 3.8) is 0 Å². The molecule has 0 fully saturated rings. The SMILES string of the molecule is CC(C)CC(CC(C)C)(NCc1cccs1)C(=O)O. The Morgan fingerprint density at radius 2 is 1.89 bits per heavy atom. The fourth-order valence-corrected chi connectivity index (χ4v) is 3.19. The Labute approximate surface area is 120 Å². The molecule has 0 saturated heterocycles. The van der Waals surface area contributed by atoms with Gasteiger partial charge in [0.25, 0.3) is 0 Å². The number of nitrogens with one attached hydrogen (secondary N) is 1. The van der Waals surface area contributed by atoms with Gasteiger partial charge < -0.3 is 5.11 Å². The molecule has 0 saturated carbocycles. The van der Waals surface area contributed by atoms with E-state index in [0.717, 1.165) is 0 Å². The molecule has 1 aromatic heterocycles. The second-order valence-corrected chi connectivity index (χ2v) is 7.05. The Hall–Kier alpha value is -0.870. The first-order chi connectivity index (χ1) is 8.85. The van der Waals surface area contributed by atoms with Crippen LogP contribution >= 0.6 is 11.3 Å². The van der Waals surface area contributed by atoms with Crippen LogP contribution in [-0.4, -0.2) is 16.6 Å². The lowest BCUT2D eigenvalue weighted by Gasteiger charge is -2.33. The molecule has 0 aliphatic rings. The second-order valence-electron chi connectivity index (χ2n) is 6.02. The zero-order valence-electron chi connectivity index (χ0n) is 12.3. The van der Waals surface area contributed by atoms with E-state index in [0.29, 0.717) is 31.2 Å². The summed E-state index contributed by atoms with van der Waals surface area (Å²) in [6.45, 7) is 8.93. The number of hydrogen-bond acceptors (Lipinski definition) is 3. The molecule has 0 amide bonds. The summed E-state index contributed by atoms with van der Waals surface area (Å²) in [5, 5.41) is 15.0. The number of hydrogen-bond donors (Lipinski definition) is 2. The van der Waals surface area contributed by atoms with Crippen LogP contribution in [-0.2, 0) is 11.3 Å². The highest BCUT2D eigenvalue weighted by Gasteiger charge is 2.39. The van der Waals surface area contributed by atoms with Crippen LogP contribution in [0, 0.1) is 11.8 Å². The van der Waals surface area contributed by atoms with E-state index in [4.69, 9.17) is 0 Å². The van der Waals surface area contributed by atoms with Crippen LogP contribution in [0.1, 0.15) is 45.4 Å². The van der Waals surface area contributed by atoms with Gasteiger partial charge in [-0.2, -0.15) is 0 Å². The molecular formula is C15H25NO2S. The van der Waals surface area contributed by atoms with E-state index in [-0.39, 0.29) is 0 Å². The van der Waals surface area contributed by atoms with Crippen LogP contribution in [0.2, 0.25) is 0 Å². The maximum Gasteiger partial charge on any atom is 0.323 e. The fraction of sp³-hybridized carbons (Fsp3) is 0.667. The summed E-state index contributed by atoms with van der Waals surface area (Å²) in [6.07, 6.45) is 1.32. The zero-order chi connectivity index (χ0) is 14.5. The first kappa shape index (κ1) is 16.2. The van der Waals surface area contributed by atoms with Gasteiger partial charge >= 0.3 is 5.97 Å². The van der Waals surface area contributed by atoms with Crippen LogP contribution in [0.3, 0.4) is 0 Å². The van der Waals surface area contributed by atoms with Crippen LogP contribution in [0.25, 0.3) is 0 Å². The van der Waals surface area contributed by atoms with Crippen molar-refractivity contribution in [3.05, 3.63) is 22.4 Å². The average Bonchev–Trinajstić information content (AvgIpc) is 2.76. The van der Waals surface area contributed by atoms with E-state index < -0.39 is 11.5 Å². The first-order valence-electron chi connectivity index (χ1n) is 6.86. The van der Waals surface area contributed by atoms with Crippen LogP contribution in [0.5, 0.6) is 0 Å². The van der Waals surface area contributed by atoms with Gasteiger partial charge in [-0.05, 0) is 36.1 Å². The normalized spacial score (nSPS) is 12.3. The number of carboxylic acid groups (broad SMARTS) is 1. The molecule has 4 heteroatoms. The zero-order valence-corrected chi connectivity index (χ0v) is 13.1. The van der Waals surface area contributed by atoms with Crippen molar-refractivity contribution in [3.8, 4) is 0 Å². The maximum atomic E-state index is 11.8. The minimum absolute atomic E-state index is 0.352. The third-order valence-electron chi connectivity index (χ3n) is 3.10. The molecule has 0 atom stereocenters. The largest absolute Gasteiger partial charge is 0.480 e. The molecule has 0 spiro atoms. The lowest BCUT2D eigenvalue weighted by Crippen LogP contribution is -2.53. The third kappa shape index (κ3) is 4.96. The molecule has 2 N–H and O–H groups in total. The number of thiophene rings is 1. The minimum Gasteiger partial charge on any atom is -0.480 e. The molecule has 0 bridgehead atoms. The Morgan fingerprint density at radius 3 is 2.26 bits per heavy atom. The molecule has 108 valence electrons. The van der Waals surface area contributed by atoms with Gasteiger partial charge in [0.05, 0.1) is 0 Å². The van der Waals surface area contributed by atoms with Gasteiger partial charge in [-0.25, -0.2) is 0 Å². The van der Waals surface area contributed by atoms with E-state index in [1.54, 1.807) is 11.3 Å². The van der Waals surface area contributed by atoms with Crippen LogP contribution in [0.15, 0.2) is 17.5 Å². The third-order valence-corrected chi connectivity index (χ3v) is 3.98. The van der Waals surface area contributed by atoms with E-state index in [1.807, 2.05) is 17.5 Å². The Morgan fingerprint density at radius 1 is 1.32 bits per heavy atom. The van der Waals surface area contributed by atoms with Crippen molar-refractivity contribution in [2.45, 2.75) is 52.6 Å². The monoisotopic (exact) mass is 283 g/mol. The molecule has 0 aliphatic heterocycles. The highest BCUT2D eigenvalue weighted by molar-refractivity contribution is 7.09. The van der Waals surface area contributed by atoms with Gasteiger partial charge in [0, 0.05) is 11.4 Å². The molecule has 1 rings (SSSR count). The number of rotatable bonds is 8. The molecule has 0 aliphatic carbocycles. The van der Waals surface area contributed by atoms with E-state index >= 15 is 0 Å². The first-order valence-corrected chi connectivity index (χ1v) is 7.74. The van der Waals surface area contributed by atoms with Gasteiger partial charge in [-0.15, -0.1) is 11.3 Å². The van der Waals surface area contributed by atoms with Crippen LogP contribution in [0.4, 0.5) is 0 Å². The van der Waals surface area contributed by atoms with Crippen molar-refractivity contribution in [2.24, 2.45) is 11.8 Å². The van der Waals surface area contributed by atoms with Crippen molar-refractivity contribution in [1.29, 1.82) is 0 Å². The smallest absolute Gasteiger partial charge is 0.323 e. The predicted molar refractivity (Wildman–Crippen MR) is 80.4 cm³/mol. The molecule has 0 radical (unpaired) electrons. The summed E-state index contributed by atoms with van der Waals surface area (Å²) in [7, 11) is 0. The summed E-state index contributed by atoms with van der Waals surface area (Å²) in [6, 6.07) is 4.03. The number of aliphatic carboxylic acids is 1. The van der Waals surface area contributed by atoms with Crippen LogP contribution < -0.4 is 5.32 Å². The molecule has 3 nitrogen and oxygen atoms in total. The van der Waals surface area contributed by atoms with Gasteiger partial charge in [0.1, 0.15) is 5.54 Å². The van der Waals surface area contributed by atoms with Gasteiger partial charge in [-0.1, -0.05) is 33.8 Å². The quantitative estimate of drug-likeness (QED) is 0.764. The molecule has 0 unspecified atom stereocenters.